The van der Waals surface area contributed by atoms with E-state index in [1.165, 1.54) is 12.4 Å². The normalized spacial score (nSPS) is 12.1. The zero-order valence-corrected chi connectivity index (χ0v) is 19.8. The van der Waals surface area contributed by atoms with Crippen LogP contribution in [-0.2, 0) is 0 Å². The summed E-state index contributed by atoms with van der Waals surface area (Å²) in [4.78, 5) is 29.0. The molecule has 4 rings (SSSR count). The van der Waals surface area contributed by atoms with Crippen LogP contribution in [0.3, 0.4) is 0 Å². The molecule has 1 aromatic heterocycles. The molecule has 0 radical (unpaired) electrons. The topological polar surface area (TPSA) is 99.1 Å². The van der Waals surface area contributed by atoms with Crippen LogP contribution in [0.5, 0.6) is 17.2 Å². The van der Waals surface area contributed by atoms with Gasteiger partial charge in [0.25, 0.3) is 5.91 Å². The average Bonchev–Trinajstić information content (AvgIpc) is 3.24. The van der Waals surface area contributed by atoms with E-state index in [2.05, 4.69) is 47.4 Å². The Hall–Kier alpha value is -3.24. The van der Waals surface area contributed by atoms with E-state index >= 15 is 0 Å². The number of fused-ring (bicyclic) bond motifs is 1. The minimum Gasteiger partial charge on any atom is -0.454 e. The van der Waals surface area contributed by atoms with Crippen molar-refractivity contribution < 1.29 is 23.8 Å². The summed E-state index contributed by atoms with van der Waals surface area (Å²) in [6.07, 6.45) is 2.85. The largest absolute Gasteiger partial charge is 0.454 e. The number of rotatable bonds is 5. The van der Waals surface area contributed by atoms with Crippen molar-refractivity contribution in [3.63, 3.8) is 0 Å². The molecule has 10 heteroatoms. The number of carbonyl (C=O) groups excluding carboxylic acids is 2. The molecule has 8 nitrogen and oxygen atoms in total. The highest BCUT2D eigenvalue weighted by atomic mass is 79.9. The molecule has 162 valence electrons. The molecular weight excluding hydrogens is 546 g/mol. The molecule has 0 unspecified atom stereocenters. The number of hydrogen-bond acceptors (Lipinski definition) is 7. The van der Waals surface area contributed by atoms with Crippen LogP contribution in [-0.4, -0.2) is 29.9 Å². The number of hydrazone groups is 1. The number of nitrogens with zero attached hydrogens (tertiary/aromatic N) is 2. The van der Waals surface area contributed by atoms with Gasteiger partial charge in [0, 0.05) is 21.9 Å². The van der Waals surface area contributed by atoms with E-state index in [9.17, 15) is 9.59 Å². The quantitative estimate of drug-likeness (QED) is 0.211. The number of benzene rings is 2. The fraction of sp³-hybridized carbons (Fsp3) is 0.0909. The van der Waals surface area contributed by atoms with Crippen LogP contribution in [0.25, 0.3) is 0 Å². The maximum atomic E-state index is 12.7. The second-order valence-corrected chi connectivity index (χ2v) is 8.42. The van der Waals surface area contributed by atoms with Crippen LogP contribution < -0.4 is 19.6 Å². The summed E-state index contributed by atoms with van der Waals surface area (Å²) < 4.78 is 17.4. The van der Waals surface area contributed by atoms with Gasteiger partial charge >= 0.3 is 5.97 Å². The summed E-state index contributed by atoms with van der Waals surface area (Å²) in [5.74, 6) is 0.284. The molecule has 32 heavy (non-hydrogen) atoms. The predicted octanol–water partition coefficient (Wildman–Crippen LogP) is 4.63. The Morgan fingerprint density at radius 1 is 1.09 bits per heavy atom. The fourth-order valence-electron chi connectivity index (χ4n) is 2.79. The van der Waals surface area contributed by atoms with Gasteiger partial charge in [-0.2, -0.15) is 5.10 Å². The number of pyridine rings is 1. The van der Waals surface area contributed by atoms with Gasteiger partial charge in [-0.15, -0.1) is 0 Å². The summed E-state index contributed by atoms with van der Waals surface area (Å²) >= 11 is 6.80. The minimum atomic E-state index is -0.587. The molecule has 1 aliphatic heterocycles. The first-order valence-electron chi connectivity index (χ1n) is 9.27. The summed E-state index contributed by atoms with van der Waals surface area (Å²) in [6, 6.07) is 11.6. The highest BCUT2D eigenvalue weighted by molar-refractivity contribution is 9.11. The van der Waals surface area contributed by atoms with Crippen molar-refractivity contribution in [1.82, 2.24) is 10.4 Å². The van der Waals surface area contributed by atoms with Gasteiger partial charge in [0.05, 0.1) is 21.8 Å². The van der Waals surface area contributed by atoms with Gasteiger partial charge < -0.3 is 14.2 Å². The lowest BCUT2D eigenvalue weighted by Crippen LogP contribution is -2.18. The van der Waals surface area contributed by atoms with Crippen molar-refractivity contribution in [1.29, 1.82) is 0 Å². The minimum absolute atomic E-state index is 0.108. The van der Waals surface area contributed by atoms with E-state index in [-0.39, 0.29) is 12.5 Å². The maximum absolute atomic E-state index is 12.7. The zero-order chi connectivity index (χ0) is 22.7. The van der Waals surface area contributed by atoms with Gasteiger partial charge in [0.15, 0.2) is 17.2 Å². The number of hydrogen-bond donors (Lipinski definition) is 1. The van der Waals surface area contributed by atoms with Gasteiger partial charge in [-0.05, 0) is 65.3 Å². The van der Waals surface area contributed by atoms with Crippen LogP contribution in [0.15, 0.2) is 62.7 Å². The monoisotopic (exact) mass is 559 g/mol. The Labute approximate surface area is 199 Å². The molecular formula is C22H15Br2N3O5. The molecule has 2 aromatic carbocycles. The number of carbonyl (C=O) groups is 2. The van der Waals surface area contributed by atoms with Crippen LogP contribution in [0.2, 0.25) is 0 Å². The van der Waals surface area contributed by atoms with Gasteiger partial charge in [-0.25, -0.2) is 10.2 Å². The highest BCUT2D eigenvalue weighted by Gasteiger charge is 2.19. The van der Waals surface area contributed by atoms with E-state index in [1.54, 1.807) is 42.5 Å². The third-order valence-corrected chi connectivity index (χ3v) is 5.43. The number of esters is 1. The lowest BCUT2D eigenvalue weighted by Gasteiger charge is -2.11. The molecule has 1 N–H and O–H groups in total. The van der Waals surface area contributed by atoms with Gasteiger partial charge in [0.2, 0.25) is 6.79 Å². The molecule has 1 aliphatic rings. The van der Waals surface area contributed by atoms with Crippen molar-refractivity contribution in [2.24, 2.45) is 5.10 Å². The number of aryl methyl sites for hydroxylation is 1. The van der Waals surface area contributed by atoms with Gasteiger partial charge in [-0.1, -0.05) is 15.9 Å². The number of amides is 1. The molecule has 2 heterocycles. The van der Waals surface area contributed by atoms with Crippen molar-refractivity contribution in [2.75, 3.05) is 6.79 Å². The third kappa shape index (κ3) is 4.97. The second kappa shape index (κ2) is 9.49. The standard InChI is InChI=1S/C22H15Br2N3O5/c1-12-2-3-14(9-25-12)21(28)27-26-10-15-6-16(23)8-17(24)20(15)32-22(29)13-4-5-18-19(7-13)31-11-30-18/h2-10H,11H2,1H3,(H,27,28). The third-order valence-electron chi connectivity index (χ3n) is 4.38. The van der Waals surface area contributed by atoms with E-state index < -0.39 is 11.9 Å². The summed E-state index contributed by atoms with van der Waals surface area (Å²) in [7, 11) is 0. The van der Waals surface area contributed by atoms with Crippen LogP contribution >= 0.6 is 31.9 Å². The highest BCUT2D eigenvalue weighted by Crippen LogP contribution is 2.35. The Morgan fingerprint density at radius 2 is 1.88 bits per heavy atom. The van der Waals surface area contributed by atoms with E-state index in [0.29, 0.717) is 32.7 Å². The molecule has 0 bridgehead atoms. The van der Waals surface area contributed by atoms with Crippen molar-refractivity contribution >= 4 is 50.0 Å². The first-order valence-corrected chi connectivity index (χ1v) is 10.9. The van der Waals surface area contributed by atoms with E-state index in [4.69, 9.17) is 14.2 Å². The van der Waals surface area contributed by atoms with Crippen molar-refractivity contribution in [3.8, 4) is 17.2 Å². The first kappa shape index (κ1) is 22.0. The fourth-order valence-corrected chi connectivity index (χ4v) is 4.13. The van der Waals surface area contributed by atoms with Crippen LogP contribution in [0.4, 0.5) is 0 Å². The Bertz CT molecular complexity index is 1230. The Morgan fingerprint density at radius 3 is 2.66 bits per heavy atom. The first-order chi connectivity index (χ1) is 15.4. The van der Waals surface area contributed by atoms with E-state index in [0.717, 1.165) is 10.2 Å². The SMILES string of the molecule is Cc1ccc(C(=O)NN=Cc2cc(Br)cc(Br)c2OC(=O)c2ccc3c(c2)OCO3)cn1. The molecule has 1 amide bonds. The molecule has 0 atom stereocenters. The average molecular weight is 561 g/mol. The zero-order valence-electron chi connectivity index (χ0n) is 16.6. The maximum Gasteiger partial charge on any atom is 0.343 e. The lowest BCUT2D eigenvalue weighted by atomic mass is 10.2. The molecule has 0 spiro atoms. The van der Waals surface area contributed by atoms with Gasteiger partial charge in [-0.3, -0.25) is 9.78 Å². The number of aromatic nitrogens is 1. The van der Waals surface area contributed by atoms with Crippen molar-refractivity contribution in [2.45, 2.75) is 6.92 Å². The number of ether oxygens (including phenoxy) is 3. The molecule has 0 saturated heterocycles. The van der Waals surface area contributed by atoms with Crippen molar-refractivity contribution in [3.05, 3.63) is 80.0 Å². The van der Waals surface area contributed by atoms with Crippen LogP contribution in [0.1, 0.15) is 32.0 Å². The second-order valence-electron chi connectivity index (χ2n) is 6.65. The molecule has 0 fully saturated rings. The number of nitrogens with one attached hydrogen (secondary N) is 1. The molecule has 0 saturated carbocycles. The summed E-state index contributed by atoms with van der Waals surface area (Å²) in [5, 5.41) is 3.99. The van der Waals surface area contributed by atoms with Gasteiger partial charge in [0.1, 0.15) is 0 Å². The number of halogens is 2. The smallest absolute Gasteiger partial charge is 0.343 e. The van der Waals surface area contributed by atoms with E-state index in [1.807, 2.05) is 6.92 Å². The summed E-state index contributed by atoms with van der Waals surface area (Å²) in [6.45, 7) is 1.94. The lowest BCUT2D eigenvalue weighted by molar-refractivity contribution is 0.0732. The molecule has 3 aromatic rings. The molecule has 0 aliphatic carbocycles. The summed E-state index contributed by atoms with van der Waals surface area (Å²) in [5.41, 5.74) is 4.37. The van der Waals surface area contributed by atoms with Crippen LogP contribution in [0, 0.1) is 6.92 Å². The predicted molar refractivity (Wildman–Crippen MR) is 123 cm³/mol. The Balaban J connectivity index is 1.53. The Kier molecular flexibility index (Phi) is 6.52.